The third-order valence-corrected chi connectivity index (χ3v) is 3.66. The van der Waals surface area contributed by atoms with Gasteiger partial charge in [-0.25, -0.2) is 0 Å². The van der Waals surface area contributed by atoms with E-state index in [0.717, 1.165) is 21.9 Å². The van der Waals surface area contributed by atoms with Crippen LogP contribution in [0.25, 0.3) is 0 Å². The molecule has 0 fully saturated rings. The second kappa shape index (κ2) is 6.41. The summed E-state index contributed by atoms with van der Waals surface area (Å²) in [5.74, 6) is 1.74. The Balaban J connectivity index is 2.37. The number of halogens is 1. The van der Waals surface area contributed by atoms with Crippen molar-refractivity contribution in [3.63, 3.8) is 0 Å². The normalized spacial score (nSPS) is 10.7. The minimum Gasteiger partial charge on any atom is -0.457 e. The quantitative estimate of drug-likeness (QED) is 0.837. The number of aryl methyl sites for hydroxylation is 1. The molecule has 0 saturated heterocycles. The van der Waals surface area contributed by atoms with E-state index < -0.39 is 0 Å². The van der Waals surface area contributed by atoms with Crippen molar-refractivity contribution in [3.05, 3.63) is 52.3 Å². The van der Waals surface area contributed by atoms with Gasteiger partial charge in [0.15, 0.2) is 0 Å². The van der Waals surface area contributed by atoms with Gasteiger partial charge in [-0.05, 0) is 42.2 Å². The minimum absolute atomic E-state index is 0.246. The summed E-state index contributed by atoms with van der Waals surface area (Å²) in [7, 11) is 0. The van der Waals surface area contributed by atoms with E-state index in [1.54, 1.807) is 18.3 Å². The molecular weight excluding hydrogens is 304 g/mol. The molecule has 2 N–H and O–H groups in total. The summed E-state index contributed by atoms with van der Waals surface area (Å²) >= 11 is 11.2. The highest BCUT2D eigenvalue weighted by atomic mass is 35.5. The van der Waals surface area contributed by atoms with Gasteiger partial charge in [-0.2, -0.15) is 0 Å². The summed E-state index contributed by atoms with van der Waals surface area (Å²) in [4.78, 5) is 4.34. The predicted molar refractivity (Wildman–Crippen MR) is 90.5 cm³/mol. The molecule has 110 valence electrons. The van der Waals surface area contributed by atoms with Crippen molar-refractivity contribution >= 4 is 28.8 Å². The van der Waals surface area contributed by atoms with Gasteiger partial charge in [0.2, 0.25) is 0 Å². The summed E-state index contributed by atoms with van der Waals surface area (Å²) < 4.78 is 5.93. The Morgan fingerprint density at radius 1 is 1.33 bits per heavy atom. The van der Waals surface area contributed by atoms with Crippen LogP contribution in [0.15, 0.2) is 30.5 Å². The van der Waals surface area contributed by atoms with Gasteiger partial charge in [-0.3, -0.25) is 4.98 Å². The van der Waals surface area contributed by atoms with E-state index >= 15 is 0 Å². The number of nitrogens with zero attached hydrogens (tertiary/aromatic N) is 1. The van der Waals surface area contributed by atoms with E-state index in [9.17, 15) is 0 Å². The molecule has 0 aliphatic carbocycles. The van der Waals surface area contributed by atoms with Gasteiger partial charge in [0, 0.05) is 17.3 Å². The van der Waals surface area contributed by atoms with Crippen LogP contribution in [0.1, 0.15) is 36.6 Å². The monoisotopic (exact) mass is 320 g/mol. The Hall–Kier alpha value is -1.65. The Morgan fingerprint density at radius 2 is 2.05 bits per heavy atom. The van der Waals surface area contributed by atoms with Gasteiger partial charge in [-0.15, -0.1) is 0 Å². The number of ether oxygens (including phenoxy) is 1. The molecular formula is C16H17ClN2OS. The zero-order valence-corrected chi connectivity index (χ0v) is 13.8. The lowest BCUT2D eigenvalue weighted by atomic mass is 10.0. The molecule has 0 atom stereocenters. The zero-order valence-electron chi connectivity index (χ0n) is 12.2. The summed E-state index contributed by atoms with van der Waals surface area (Å²) in [6, 6.07) is 7.39. The average molecular weight is 321 g/mol. The third-order valence-electron chi connectivity index (χ3n) is 3.13. The lowest BCUT2D eigenvalue weighted by Gasteiger charge is -2.14. The molecule has 0 amide bonds. The Bertz CT molecular complexity index is 686. The molecule has 21 heavy (non-hydrogen) atoms. The highest BCUT2D eigenvalue weighted by molar-refractivity contribution is 7.80. The highest BCUT2D eigenvalue weighted by Gasteiger charge is 2.11. The summed E-state index contributed by atoms with van der Waals surface area (Å²) in [6.45, 7) is 6.15. The first-order chi connectivity index (χ1) is 9.88. The van der Waals surface area contributed by atoms with Crippen molar-refractivity contribution in [2.45, 2.75) is 26.7 Å². The minimum atomic E-state index is 0.246. The fourth-order valence-corrected chi connectivity index (χ4v) is 2.51. The average Bonchev–Trinajstić information content (AvgIpc) is 2.41. The van der Waals surface area contributed by atoms with Gasteiger partial charge in [0.05, 0.1) is 0 Å². The van der Waals surface area contributed by atoms with Crippen molar-refractivity contribution in [2.24, 2.45) is 5.73 Å². The van der Waals surface area contributed by atoms with E-state index in [1.807, 2.05) is 19.1 Å². The van der Waals surface area contributed by atoms with Crippen LogP contribution in [-0.2, 0) is 0 Å². The van der Waals surface area contributed by atoms with Gasteiger partial charge in [0.1, 0.15) is 22.2 Å². The van der Waals surface area contributed by atoms with Crippen LogP contribution < -0.4 is 10.5 Å². The van der Waals surface area contributed by atoms with Crippen molar-refractivity contribution in [3.8, 4) is 11.5 Å². The van der Waals surface area contributed by atoms with Crippen molar-refractivity contribution < 1.29 is 4.74 Å². The molecule has 1 heterocycles. The molecule has 5 heteroatoms. The number of nitrogens with two attached hydrogens (primary N) is 1. The van der Waals surface area contributed by atoms with Crippen molar-refractivity contribution in [1.82, 2.24) is 4.98 Å². The molecule has 0 unspecified atom stereocenters. The van der Waals surface area contributed by atoms with Crippen LogP contribution in [0.3, 0.4) is 0 Å². The molecule has 1 aromatic heterocycles. The summed E-state index contributed by atoms with van der Waals surface area (Å²) in [5, 5.41) is 0.758. The largest absolute Gasteiger partial charge is 0.457 e. The highest BCUT2D eigenvalue weighted by Crippen LogP contribution is 2.33. The second-order valence-corrected chi connectivity index (χ2v) is 5.98. The van der Waals surface area contributed by atoms with Crippen molar-refractivity contribution in [1.29, 1.82) is 0 Å². The first kappa shape index (κ1) is 15.7. The fraction of sp³-hybridized carbons (Fsp3) is 0.250. The topological polar surface area (TPSA) is 48.1 Å². The number of hydrogen-bond acceptors (Lipinski definition) is 3. The molecule has 2 rings (SSSR count). The van der Waals surface area contributed by atoms with Crippen LogP contribution >= 0.6 is 23.8 Å². The van der Waals surface area contributed by atoms with E-state index in [-0.39, 0.29) is 4.99 Å². The third kappa shape index (κ3) is 3.71. The number of pyridine rings is 1. The summed E-state index contributed by atoms with van der Waals surface area (Å²) in [5.41, 5.74) is 8.15. The number of rotatable bonds is 4. The molecule has 0 bridgehead atoms. The lowest BCUT2D eigenvalue weighted by Crippen LogP contribution is -2.11. The van der Waals surface area contributed by atoms with Crippen LogP contribution in [-0.4, -0.2) is 9.97 Å². The Kier molecular flexibility index (Phi) is 4.80. The van der Waals surface area contributed by atoms with Gasteiger partial charge < -0.3 is 10.5 Å². The van der Waals surface area contributed by atoms with Crippen LogP contribution in [0.2, 0.25) is 5.02 Å². The van der Waals surface area contributed by atoms with Crippen LogP contribution in [0, 0.1) is 6.92 Å². The number of aromatic nitrogens is 1. The molecule has 0 aliphatic heterocycles. The van der Waals surface area contributed by atoms with E-state index in [2.05, 4.69) is 18.8 Å². The maximum absolute atomic E-state index is 6.27. The fourth-order valence-electron chi connectivity index (χ4n) is 1.96. The molecule has 2 aromatic rings. The van der Waals surface area contributed by atoms with Gasteiger partial charge in [-0.1, -0.05) is 37.7 Å². The van der Waals surface area contributed by atoms with Crippen LogP contribution in [0.5, 0.6) is 11.5 Å². The van der Waals surface area contributed by atoms with Gasteiger partial charge >= 0.3 is 0 Å². The SMILES string of the molecule is Cc1cc(Cl)c(C(C)C)cc1Oc1ccnc(C(N)=S)c1. The number of thiocarbonyl (C=S) groups is 1. The standard InChI is InChI=1S/C16H17ClN2OS/c1-9(2)12-8-15(10(3)6-13(12)17)20-11-4-5-19-14(7-11)16(18)21/h4-9H,1-3H3,(H2,18,21). The molecule has 0 radical (unpaired) electrons. The Morgan fingerprint density at radius 3 is 2.67 bits per heavy atom. The molecule has 0 spiro atoms. The van der Waals surface area contributed by atoms with E-state index in [1.165, 1.54) is 0 Å². The summed E-state index contributed by atoms with van der Waals surface area (Å²) in [6.07, 6.45) is 1.62. The molecule has 1 aromatic carbocycles. The first-order valence-electron chi connectivity index (χ1n) is 6.62. The maximum Gasteiger partial charge on any atom is 0.131 e. The molecule has 0 aliphatic rings. The number of hydrogen-bond donors (Lipinski definition) is 1. The Labute approximate surface area is 135 Å². The number of benzene rings is 1. The zero-order chi connectivity index (χ0) is 15.6. The van der Waals surface area contributed by atoms with Crippen LogP contribution in [0.4, 0.5) is 0 Å². The maximum atomic E-state index is 6.27. The molecule has 0 saturated carbocycles. The smallest absolute Gasteiger partial charge is 0.131 e. The van der Waals surface area contributed by atoms with E-state index in [4.69, 9.17) is 34.3 Å². The first-order valence-corrected chi connectivity index (χ1v) is 7.41. The molecule has 3 nitrogen and oxygen atoms in total. The van der Waals surface area contributed by atoms with Gasteiger partial charge in [0.25, 0.3) is 0 Å². The second-order valence-electron chi connectivity index (χ2n) is 5.14. The van der Waals surface area contributed by atoms with Crippen molar-refractivity contribution in [2.75, 3.05) is 0 Å². The predicted octanol–water partition coefficient (Wildman–Crippen LogP) is 4.59. The van der Waals surface area contributed by atoms with E-state index in [0.29, 0.717) is 17.4 Å². The lowest BCUT2D eigenvalue weighted by molar-refractivity contribution is 0.477.